The normalized spacial score (nSPS) is 14.9. The molecule has 0 spiro atoms. The molecule has 1 aromatic carbocycles. The quantitative estimate of drug-likeness (QED) is 0.448. The van der Waals surface area contributed by atoms with Gasteiger partial charge in [-0.25, -0.2) is 4.79 Å². The zero-order valence-corrected chi connectivity index (χ0v) is 19.5. The van der Waals surface area contributed by atoms with E-state index in [1.807, 2.05) is 47.2 Å². The average molecular weight is 478 g/mol. The molecule has 0 bridgehead atoms. The number of nitriles is 1. The summed E-state index contributed by atoms with van der Waals surface area (Å²) < 4.78 is 5.43. The first kappa shape index (κ1) is 22.8. The number of thiophene rings is 2. The Morgan fingerprint density at radius 2 is 2.09 bits per heavy atom. The fourth-order valence-corrected chi connectivity index (χ4v) is 5.66. The number of carbonyl (C=O) groups excluding carboxylic acids is 2. The molecule has 3 aromatic rings. The van der Waals surface area contributed by atoms with E-state index in [1.54, 1.807) is 17.4 Å². The van der Waals surface area contributed by atoms with Gasteiger partial charge >= 0.3 is 6.09 Å². The van der Waals surface area contributed by atoms with Gasteiger partial charge in [0.05, 0.1) is 12.2 Å². The van der Waals surface area contributed by atoms with E-state index in [2.05, 4.69) is 16.7 Å². The maximum Gasteiger partial charge on any atom is 0.407 e. The molecule has 4 rings (SSSR count). The van der Waals surface area contributed by atoms with Crippen LogP contribution in [0, 0.1) is 17.2 Å². The van der Waals surface area contributed by atoms with Gasteiger partial charge in [-0.15, -0.1) is 11.3 Å². The molecule has 2 aromatic heterocycles. The number of hydrogen-bond donors (Lipinski definition) is 2. The van der Waals surface area contributed by atoms with Crippen molar-refractivity contribution in [2.24, 2.45) is 5.92 Å². The largest absolute Gasteiger partial charge is 0.449 e. The number of fused-ring (bicyclic) bond motifs is 1. The van der Waals surface area contributed by atoms with E-state index < -0.39 is 6.09 Å². The molecule has 0 radical (unpaired) electrons. The molecule has 0 fully saturated rings. The van der Waals surface area contributed by atoms with E-state index in [0.29, 0.717) is 23.7 Å². The molecular formula is C25H23N3O3S2. The highest BCUT2D eigenvalue weighted by Crippen LogP contribution is 2.39. The number of benzene rings is 1. The molecule has 1 aliphatic rings. The second kappa shape index (κ2) is 10.9. The van der Waals surface area contributed by atoms with Crippen molar-refractivity contribution in [3.05, 3.63) is 80.4 Å². The Labute approximate surface area is 200 Å². The topological polar surface area (TPSA) is 91.2 Å². The smallest absolute Gasteiger partial charge is 0.407 e. The molecule has 2 N–H and O–H groups in total. The Morgan fingerprint density at radius 3 is 2.85 bits per heavy atom. The number of nitrogens with one attached hydrogen (secondary N) is 2. The van der Waals surface area contributed by atoms with Crippen LogP contribution in [0.3, 0.4) is 0 Å². The molecule has 168 valence electrons. The van der Waals surface area contributed by atoms with E-state index in [9.17, 15) is 14.9 Å². The van der Waals surface area contributed by atoms with Gasteiger partial charge in [-0.1, -0.05) is 30.3 Å². The van der Waals surface area contributed by atoms with E-state index in [1.165, 1.54) is 17.4 Å². The van der Waals surface area contributed by atoms with Crippen LogP contribution in [0.15, 0.2) is 53.2 Å². The maximum atomic E-state index is 12.3. The van der Waals surface area contributed by atoms with E-state index in [4.69, 9.17) is 4.74 Å². The number of nitrogens with zero attached hydrogens (tertiary/aromatic N) is 1. The summed E-state index contributed by atoms with van der Waals surface area (Å²) >= 11 is 3.01. The van der Waals surface area contributed by atoms with Crippen molar-refractivity contribution in [3.8, 4) is 6.07 Å². The van der Waals surface area contributed by atoms with E-state index in [0.717, 1.165) is 40.8 Å². The molecule has 0 saturated carbocycles. The molecule has 1 atom stereocenters. The Hall–Kier alpha value is -3.41. The molecule has 0 aliphatic heterocycles. The molecule has 2 heterocycles. The molecule has 1 unspecified atom stereocenters. The number of rotatable bonds is 7. The van der Waals surface area contributed by atoms with Crippen molar-refractivity contribution < 1.29 is 14.3 Å². The lowest BCUT2D eigenvalue weighted by atomic mass is 9.88. The lowest BCUT2D eigenvalue weighted by Crippen LogP contribution is -2.27. The van der Waals surface area contributed by atoms with E-state index in [-0.39, 0.29) is 11.8 Å². The number of alkyl carbamates (subject to hydrolysis) is 1. The third kappa shape index (κ3) is 6.09. The summed E-state index contributed by atoms with van der Waals surface area (Å²) in [6.45, 7) is 0.750. The zero-order chi connectivity index (χ0) is 23.0. The van der Waals surface area contributed by atoms with Crippen molar-refractivity contribution in [2.45, 2.75) is 25.8 Å². The fourth-order valence-electron chi connectivity index (χ4n) is 3.71. The van der Waals surface area contributed by atoms with Gasteiger partial charge in [0.15, 0.2) is 0 Å². The Kier molecular flexibility index (Phi) is 7.55. The number of anilines is 1. The van der Waals surface area contributed by atoms with Gasteiger partial charge < -0.3 is 15.4 Å². The van der Waals surface area contributed by atoms with Crippen molar-refractivity contribution >= 4 is 45.8 Å². The average Bonchev–Trinajstić information content (AvgIpc) is 3.47. The second-order valence-corrected chi connectivity index (χ2v) is 9.63. The SMILES string of the molecule is N#Cc1c(NC(=O)/C=C/c2ccsc2)sc2c1CCC(COC(=O)NCc1ccccc1)C2. The van der Waals surface area contributed by atoms with Crippen LogP contribution in [-0.2, 0) is 28.9 Å². The molecule has 8 heteroatoms. The second-order valence-electron chi connectivity index (χ2n) is 7.75. The van der Waals surface area contributed by atoms with Gasteiger partial charge in [-0.2, -0.15) is 16.6 Å². The summed E-state index contributed by atoms with van der Waals surface area (Å²) in [6, 6.07) is 13.9. The van der Waals surface area contributed by atoms with Crippen molar-refractivity contribution in [3.63, 3.8) is 0 Å². The Balaban J connectivity index is 1.31. The highest BCUT2D eigenvalue weighted by Gasteiger charge is 2.27. The minimum atomic E-state index is -0.432. The Bertz CT molecular complexity index is 1180. The molecule has 6 nitrogen and oxygen atoms in total. The zero-order valence-electron chi connectivity index (χ0n) is 17.9. The summed E-state index contributed by atoms with van der Waals surface area (Å²) in [5.74, 6) is -0.0709. The number of ether oxygens (including phenoxy) is 1. The van der Waals surface area contributed by atoms with Gasteiger partial charge in [0, 0.05) is 17.5 Å². The minimum absolute atomic E-state index is 0.187. The maximum absolute atomic E-state index is 12.3. The predicted octanol–water partition coefficient (Wildman–Crippen LogP) is 5.36. The van der Waals surface area contributed by atoms with Crippen LogP contribution in [-0.4, -0.2) is 18.6 Å². The van der Waals surface area contributed by atoms with Crippen molar-refractivity contribution in [1.82, 2.24) is 5.32 Å². The van der Waals surface area contributed by atoms with E-state index >= 15 is 0 Å². The monoisotopic (exact) mass is 477 g/mol. The van der Waals surface area contributed by atoms with Gasteiger partial charge in [-0.3, -0.25) is 4.79 Å². The van der Waals surface area contributed by atoms with Crippen LogP contribution in [0.2, 0.25) is 0 Å². The fraction of sp³-hybridized carbons (Fsp3) is 0.240. The first-order valence-corrected chi connectivity index (χ1v) is 12.4. The minimum Gasteiger partial charge on any atom is -0.449 e. The molecule has 0 saturated heterocycles. The van der Waals surface area contributed by atoms with Gasteiger partial charge in [0.1, 0.15) is 11.1 Å². The summed E-state index contributed by atoms with van der Waals surface area (Å²) in [5, 5.41) is 19.8. The lowest BCUT2D eigenvalue weighted by Gasteiger charge is -2.21. The summed E-state index contributed by atoms with van der Waals surface area (Å²) in [6.07, 6.45) is 5.08. The third-order valence-electron chi connectivity index (χ3n) is 5.42. The number of amides is 2. The molecule has 33 heavy (non-hydrogen) atoms. The lowest BCUT2D eigenvalue weighted by molar-refractivity contribution is -0.111. The summed E-state index contributed by atoms with van der Waals surface area (Å²) in [4.78, 5) is 25.5. The number of carbonyl (C=O) groups is 2. The highest BCUT2D eigenvalue weighted by molar-refractivity contribution is 7.16. The van der Waals surface area contributed by atoms with Gasteiger partial charge in [0.25, 0.3) is 0 Å². The van der Waals surface area contributed by atoms with Crippen molar-refractivity contribution in [2.75, 3.05) is 11.9 Å². The van der Waals surface area contributed by atoms with Crippen LogP contribution >= 0.6 is 22.7 Å². The Morgan fingerprint density at radius 1 is 1.24 bits per heavy atom. The third-order valence-corrected chi connectivity index (χ3v) is 7.29. The number of hydrogen-bond acceptors (Lipinski definition) is 6. The first-order chi connectivity index (χ1) is 16.1. The first-order valence-electron chi connectivity index (χ1n) is 10.6. The van der Waals surface area contributed by atoms with Crippen molar-refractivity contribution in [1.29, 1.82) is 5.26 Å². The van der Waals surface area contributed by atoms with Gasteiger partial charge in [-0.05, 0) is 64.8 Å². The highest BCUT2D eigenvalue weighted by atomic mass is 32.1. The summed E-state index contributed by atoms with van der Waals surface area (Å²) in [7, 11) is 0. The van der Waals surface area contributed by atoms with Gasteiger partial charge in [0.2, 0.25) is 5.91 Å². The molecular weight excluding hydrogens is 454 g/mol. The van der Waals surface area contributed by atoms with Crippen LogP contribution in [0.25, 0.3) is 6.08 Å². The molecule has 2 amide bonds. The standard InChI is InChI=1S/C25H23N3O3S2/c26-13-21-20-8-6-19(15-31-25(30)27-14-17-4-2-1-3-5-17)12-22(20)33-24(21)28-23(29)9-7-18-10-11-32-16-18/h1-5,7,9-11,16,19H,6,8,12,14-15H2,(H,27,30)(H,28,29)/b9-7+. The molecule has 1 aliphatic carbocycles. The predicted molar refractivity (Wildman–Crippen MR) is 131 cm³/mol. The van der Waals surface area contributed by atoms with Crippen LogP contribution in [0.5, 0.6) is 0 Å². The van der Waals surface area contributed by atoms with Crippen LogP contribution < -0.4 is 10.6 Å². The van der Waals surface area contributed by atoms with Crippen LogP contribution in [0.4, 0.5) is 9.80 Å². The van der Waals surface area contributed by atoms with Crippen LogP contribution in [0.1, 0.15) is 33.6 Å². The summed E-state index contributed by atoms with van der Waals surface area (Å²) in [5.41, 5.74) is 3.53.